The van der Waals surface area contributed by atoms with Crippen LogP contribution in [0.5, 0.6) is 0 Å². The smallest absolute Gasteiger partial charge is 0.258 e. The molecule has 0 heterocycles. The Balaban J connectivity index is 2.23. The molecule has 0 bridgehead atoms. The van der Waals surface area contributed by atoms with Gasteiger partial charge in [0.15, 0.2) is 5.96 Å². The van der Waals surface area contributed by atoms with Crippen LogP contribution in [0.4, 0.5) is 13.2 Å². The van der Waals surface area contributed by atoms with Crippen LogP contribution in [0.2, 0.25) is 5.02 Å². The van der Waals surface area contributed by atoms with Crippen LogP contribution in [0, 0.1) is 17.5 Å². The van der Waals surface area contributed by atoms with Crippen LogP contribution in [0.1, 0.15) is 68.3 Å². The highest BCUT2D eigenvalue weighted by Gasteiger charge is 2.20. The number of aliphatic imine (C=N–C) groups is 2. The van der Waals surface area contributed by atoms with Crippen molar-refractivity contribution in [3.05, 3.63) is 70.0 Å². The van der Waals surface area contributed by atoms with Crippen molar-refractivity contribution in [1.29, 1.82) is 0 Å². The molecule has 2 atom stereocenters. The molecule has 2 rings (SSSR count). The minimum absolute atomic E-state index is 0.0803. The van der Waals surface area contributed by atoms with Crippen LogP contribution >= 0.6 is 11.6 Å². The Bertz CT molecular complexity index is 1010. The van der Waals surface area contributed by atoms with E-state index in [4.69, 9.17) is 11.6 Å². The van der Waals surface area contributed by atoms with Crippen LogP contribution in [0.15, 0.2) is 46.4 Å². The van der Waals surface area contributed by atoms with Gasteiger partial charge in [0.2, 0.25) is 0 Å². The van der Waals surface area contributed by atoms with E-state index in [9.17, 15) is 18.0 Å². The first kappa shape index (κ1) is 27.4. The van der Waals surface area contributed by atoms with E-state index in [-0.39, 0.29) is 22.5 Å². The third-order valence-electron chi connectivity index (χ3n) is 5.18. The van der Waals surface area contributed by atoms with Crippen molar-refractivity contribution in [2.24, 2.45) is 9.98 Å². The van der Waals surface area contributed by atoms with Crippen molar-refractivity contribution in [1.82, 2.24) is 10.6 Å². The van der Waals surface area contributed by atoms with Gasteiger partial charge in [-0.15, -0.1) is 0 Å². The summed E-state index contributed by atoms with van der Waals surface area (Å²) in [6, 6.07) is 7.24. The van der Waals surface area contributed by atoms with Crippen LogP contribution in [0.3, 0.4) is 0 Å². The number of guanidine groups is 1. The maximum absolute atomic E-state index is 13.8. The summed E-state index contributed by atoms with van der Waals surface area (Å²) in [5.41, 5.74) is 0.618. The Morgan fingerprint density at radius 2 is 1.82 bits per heavy atom. The zero-order valence-electron chi connectivity index (χ0n) is 19.5. The summed E-state index contributed by atoms with van der Waals surface area (Å²) in [6.07, 6.45) is 3.83. The van der Waals surface area contributed by atoms with E-state index in [2.05, 4.69) is 20.6 Å². The van der Waals surface area contributed by atoms with E-state index < -0.39 is 29.5 Å². The minimum Gasteiger partial charge on any atom is -0.334 e. The second-order valence-electron chi connectivity index (χ2n) is 7.78. The number of benzene rings is 2. The maximum Gasteiger partial charge on any atom is 0.258 e. The fourth-order valence-electron chi connectivity index (χ4n) is 3.40. The number of hydrogen-bond acceptors (Lipinski definition) is 3. The Morgan fingerprint density at radius 3 is 2.41 bits per heavy atom. The van der Waals surface area contributed by atoms with Gasteiger partial charge in [0, 0.05) is 18.2 Å². The average Bonchev–Trinajstić information content (AvgIpc) is 2.78. The van der Waals surface area contributed by atoms with Gasteiger partial charge in [0.05, 0.1) is 5.02 Å². The summed E-state index contributed by atoms with van der Waals surface area (Å²) in [7, 11) is 0. The quantitative estimate of drug-likeness (QED) is 0.233. The highest BCUT2D eigenvalue weighted by Crippen LogP contribution is 2.26. The van der Waals surface area contributed by atoms with Crippen LogP contribution in [-0.2, 0) is 0 Å². The largest absolute Gasteiger partial charge is 0.334 e. The number of unbranched alkanes of at least 4 members (excludes halogenated alkanes) is 1. The molecule has 0 spiro atoms. The minimum atomic E-state index is -0.701. The molecule has 1 amide bonds. The Hall–Kier alpha value is -2.87. The van der Waals surface area contributed by atoms with Crippen LogP contribution in [-0.4, -0.2) is 30.8 Å². The second kappa shape index (κ2) is 13.7. The highest BCUT2D eigenvalue weighted by atomic mass is 35.5. The van der Waals surface area contributed by atoms with E-state index in [1.165, 1.54) is 24.3 Å². The predicted molar refractivity (Wildman–Crippen MR) is 131 cm³/mol. The van der Waals surface area contributed by atoms with Gasteiger partial charge in [0.25, 0.3) is 5.91 Å². The molecule has 2 aromatic rings. The van der Waals surface area contributed by atoms with Crippen molar-refractivity contribution >= 4 is 29.7 Å². The molecular formula is C25H30ClF3N4O. The molecule has 5 nitrogen and oxygen atoms in total. The number of nitrogens with one attached hydrogen (secondary N) is 2. The molecule has 0 fully saturated rings. The summed E-state index contributed by atoms with van der Waals surface area (Å²) in [5.74, 6) is -2.54. The molecule has 0 aliphatic carbocycles. The number of carbonyl (C=O) groups is 1. The summed E-state index contributed by atoms with van der Waals surface area (Å²) < 4.78 is 41.3. The van der Waals surface area contributed by atoms with Crippen molar-refractivity contribution in [3.8, 4) is 0 Å². The number of hydrogen-bond donors (Lipinski definition) is 2. The van der Waals surface area contributed by atoms with Gasteiger partial charge in [-0.05, 0) is 74.2 Å². The number of amides is 1. The monoisotopic (exact) mass is 494 g/mol. The molecule has 34 heavy (non-hydrogen) atoms. The zero-order valence-corrected chi connectivity index (χ0v) is 20.3. The van der Waals surface area contributed by atoms with Crippen molar-refractivity contribution in [3.63, 3.8) is 0 Å². The lowest BCUT2D eigenvalue weighted by atomic mass is 9.92. The third-order valence-corrected chi connectivity index (χ3v) is 5.49. The van der Waals surface area contributed by atoms with Gasteiger partial charge in [-0.2, -0.15) is 0 Å². The van der Waals surface area contributed by atoms with E-state index in [1.807, 2.05) is 13.8 Å². The third kappa shape index (κ3) is 8.48. The van der Waals surface area contributed by atoms with E-state index >= 15 is 0 Å². The molecule has 2 unspecified atom stereocenters. The fraction of sp³-hybridized carbons (Fsp3) is 0.400. The van der Waals surface area contributed by atoms with E-state index in [0.717, 1.165) is 25.0 Å². The lowest BCUT2D eigenvalue weighted by molar-refractivity contribution is 0.0975. The number of halogens is 4. The van der Waals surface area contributed by atoms with Crippen LogP contribution < -0.4 is 10.6 Å². The van der Waals surface area contributed by atoms with Crippen LogP contribution in [0.25, 0.3) is 0 Å². The average molecular weight is 495 g/mol. The number of nitrogens with zero attached hydrogens (tertiary/aromatic N) is 2. The molecule has 0 aliphatic rings. The Labute approximate surface area is 203 Å². The first-order chi connectivity index (χ1) is 16.3. The fourth-order valence-corrected chi connectivity index (χ4v) is 3.52. The lowest BCUT2D eigenvalue weighted by Crippen LogP contribution is -2.46. The SMILES string of the molecule is C/C=N\C(CC(CC)c1cc(F)cc(F)c1)NC(=NCCCC)NC(=O)c1ccc(Cl)c(F)c1. The molecule has 0 saturated carbocycles. The molecule has 0 aromatic heterocycles. The van der Waals surface area contributed by atoms with Gasteiger partial charge < -0.3 is 5.32 Å². The summed E-state index contributed by atoms with van der Waals surface area (Å²) in [6.45, 7) is 6.16. The van der Waals surface area contributed by atoms with Crippen molar-refractivity contribution in [2.75, 3.05) is 6.54 Å². The summed E-state index contributed by atoms with van der Waals surface area (Å²) >= 11 is 5.71. The van der Waals surface area contributed by atoms with Gasteiger partial charge in [0.1, 0.15) is 23.6 Å². The molecule has 2 N–H and O–H groups in total. The molecule has 184 valence electrons. The first-order valence-corrected chi connectivity index (χ1v) is 11.7. The Morgan fingerprint density at radius 1 is 1.12 bits per heavy atom. The van der Waals surface area contributed by atoms with Gasteiger partial charge in [-0.3, -0.25) is 20.1 Å². The summed E-state index contributed by atoms with van der Waals surface area (Å²) in [5, 5.41) is 5.71. The molecule has 0 aliphatic heterocycles. The molecule has 0 saturated heterocycles. The molecule has 9 heteroatoms. The highest BCUT2D eigenvalue weighted by molar-refractivity contribution is 6.30. The zero-order chi connectivity index (χ0) is 25.1. The van der Waals surface area contributed by atoms with Gasteiger partial charge >= 0.3 is 0 Å². The number of rotatable bonds is 10. The predicted octanol–water partition coefficient (Wildman–Crippen LogP) is 6.23. The van der Waals surface area contributed by atoms with Gasteiger partial charge in [-0.25, -0.2) is 13.2 Å². The van der Waals surface area contributed by atoms with E-state index in [1.54, 1.807) is 13.1 Å². The normalized spacial score (nSPS) is 13.7. The van der Waals surface area contributed by atoms with Crippen molar-refractivity contribution < 1.29 is 18.0 Å². The number of carbonyl (C=O) groups excluding carboxylic acids is 1. The van der Waals surface area contributed by atoms with Gasteiger partial charge in [-0.1, -0.05) is 31.9 Å². The lowest BCUT2D eigenvalue weighted by Gasteiger charge is -2.23. The first-order valence-electron chi connectivity index (χ1n) is 11.3. The van der Waals surface area contributed by atoms with E-state index in [0.29, 0.717) is 24.9 Å². The summed E-state index contributed by atoms with van der Waals surface area (Å²) in [4.78, 5) is 21.6. The topological polar surface area (TPSA) is 65.8 Å². The second-order valence-corrected chi connectivity index (χ2v) is 8.19. The molecule has 0 radical (unpaired) electrons. The molecule has 2 aromatic carbocycles. The standard InChI is InChI=1S/C25H30ClF3N4O/c1-4-7-10-31-25(33-24(34)17-8-9-21(26)22(29)13-17)32-23(30-6-3)14-16(5-2)18-11-19(27)15-20(28)12-18/h6,8-9,11-13,15-16,23H,4-5,7,10,14H2,1-3H3,(H2,31,32,33,34)/b30-6-. The Kier molecular flexibility index (Phi) is 11.1. The van der Waals surface area contributed by atoms with Crippen molar-refractivity contribution in [2.45, 2.75) is 58.5 Å². The molecular weight excluding hydrogens is 465 g/mol. The maximum atomic E-state index is 13.8.